The summed E-state index contributed by atoms with van der Waals surface area (Å²) in [6.45, 7) is 3.30. The highest BCUT2D eigenvalue weighted by Crippen LogP contribution is 2.27. The summed E-state index contributed by atoms with van der Waals surface area (Å²) in [5.74, 6) is 0.756. The van der Waals surface area contributed by atoms with Gasteiger partial charge in [0.2, 0.25) is 5.91 Å². The predicted molar refractivity (Wildman–Crippen MR) is 50.3 cm³/mol. The first-order valence-corrected chi connectivity index (χ1v) is 4.84. The number of aliphatic hydroxyl groups is 1. The summed E-state index contributed by atoms with van der Waals surface area (Å²) in [4.78, 5) is 11.1. The van der Waals surface area contributed by atoms with Crippen LogP contribution in [0.15, 0.2) is 0 Å². The topological polar surface area (TPSA) is 61.4 Å². The van der Waals surface area contributed by atoms with Crippen LogP contribution < -0.4 is 10.6 Å². The maximum absolute atomic E-state index is 11.1. The molecule has 0 heterocycles. The molecule has 1 amide bonds. The molecule has 0 aromatic rings. The molecule has 4 heteroatoms. The average molecular weight is 186 g/mol. The van der Waals surface area contributed by atoms with Crippen LogP contribution in [0.5, 0.6) is 0 Å². The first kappa shape index (κ1) is 10.5. The van der Waals surface area contributed by atoms with Crippen molar-refractivity contribution in [1.29, 1.82) is 0 Å². The lowest BCUT2D eigenvalue weighted by atomic mass is 10.4. The van der Waals surface area contributed by atoms with Gasteiger partial charge in [-0.25, -0.2) is 0 Å². The van der Waals surface area contributed by atoms with Crippen molar-refractivity contribution in [2.24, 2.45) is 5.92 Å². The third-order valence-electron chi connectivity index (χ3n) is 2.01. The van der Waals surface area contributed by atoms with Crippen LogP contribution in [0, 0.1) is 5.92 Å². The van der Waals surface area contributed by atoms with E-state index in [0.29, 0.717) is 13.1 Å². The van der Waals surface area contributed by atoms with E-state index in [1.54, 1.807) is 6.92 Å². The lowest BCUT2D eigenvalue weighted by Crippen LogP contribution is -2.37. The number of aliphatic hydroxyl groups excluding tert-OH is 1. The molecule has 0 saturated heterocycles. The van der Waals surface area contributed by atoms with Crippen LogP contribution in [-0.4, -0.2) is 36.8 Å². The third kappa shape index (κ3) is 5.60. The Balaban J connectivity index is 1.90. The molecule has 13 heavy (non-hydrogen) atoms. The van der Waals surface area contributed by atoms with Crippen LogP contribution in [0.1, 0.15) is 19.8 Å². The Kier molecular flexibility index (Phi) is 4.18. The molecule has 1 saturated carbocycles. The molecule has 3 N–H and O–H groups in total. The van der Waals surface area contributed by atoms with Crippen LogP contribution in [0.25, 0.3) is 0 Å². The van der Waals surface area contributed by atoms with Gasteiger partial charge in [-0.1, -0.05) is 0 Å². The highest BCUT2D eigenvalue weighted by molar-refractivity contribution is 5.77. The Morgan fingerprint density at radius 1 is 1.62 bits per heavy atom. The van der Waals surface area contributed by atoms with Crippen molar-refractivity contribution in [3.8, 4) is 0 Å². The monoisotopic (exact) mass is 186 g/mol. The lowest BCUT2D eigenvalue weighted by Gasteiger charge is -2.07. The molecule has 1 atom stereocenters. The van der Waals surface area contributed by atoms with Crippen LogP contribution in [0.3, 0.4) is 0 Å². The van der Waals surface area contributed by atoms with Crippen LogP contribution in [0.2, 0.25) is 0 Å². The third-order valence-corrected chi connectivity index (χ3v) is 2.01. The zero-order valence-electron chi connectivity index (χ0n) is 8.05. The zero-order chi connectivity index (χ0) is 9.68. The minimum Gasteiger partial charge on any atom is -0.392 e. The molecule has 1 unspecified atom stereocenters. The highest BCUT2D eigenvalue weighted by atomic mass is 16.3. The number of nitrogens with one attached hydrogen (secondary N) is 2. The largest absolute Gasteiger partial charge is 0.392 e. The van der Waals surface area contributed by atoms with E-state index in [-0.39, 0.29) is 5.91 Å². The summed E-state index contributed by atoms with van der Waals surface area (Å²) in [5, 5.41) is 14.6. The standard InChI is InChI=1S/C9H18N2O2/c1-7(12)4-11-9(13)6-10-5-8-2-3-8/h7-8,10,12H,2-6H2,1H3,(H,11,13). The van der Waals surface area contributed by atoms with Gasteiger partial charge in [-0.3, -0.25) is 4.79 Å². The van der Waals surface area contributed by atoms with Crippen LogP contribution in [-0.2, 0) is 4.79 Å². The fraction of sp³-hybridized carbons (Fsp3) is 0.889. The summed E-state index contributed by atoms with van der Waals surface area (Å²) >= 11 is 0. The summed E-state index contributed by atoms with van der Waals surface area (Å²) in [7, 11) is 0. The quantitative estimate of drug-likeness (QED) is 0.523. The molecular weight excluding hydrogens is 168 g/mol. The SMILES string of the molecule is CC(O)CNC(=O)CNCC1CC1. The molecule has 0 bridgehead atoms. The molecule has 1 aliphatic rings. The number of carbonyl (C=O) groups is 1. The summed E-state index contributed by atoms with van der Waals surface area (Å²) in [6, 6.07) is 0. The zero-order valence-corrected chi connectivity index (χ0v) is 8.05. The first-order chi connectivity index (χ1) is 6.18. The molecular formula is C9H18N2O2. The van der Waals surface area contributed by atoms with Gasteiger partial charge in [-0.2, -0.15) is 0 Å². The maximum Gasteiger partial charge on any atom is 0.234 e. The summed E-state index contributed by atoms with van der Waals surface area (Å²) in [6.07, 6.45) is 2.12. The second-order valence-electron chi connectivity index (χ2n) is 3.73. The Labute approximate surface area is 78.7 Å². The van der Waals surface area contributed by atoms with Gasteiger partial charge in [0.15, 0.2) is 0 Å². The van der Waals surface area contributed by atoms with E-state index in [1.807, 2.05) is 0 Å². The number of rotatable bonds is 6. The van der Waals surface area contributed by atoms with Crippen molar-refractivity contribution in [3.05, 3.63) is 0 Å². The summed E-state index contributed by atoms with van der Waals surface area (Å²) in [5.41, 5.74) is 0. The number of hydrogen-bond donors (Lipinski definition) is 3. The molecule has 1 fully saturated rings. The van der Waals surface area contributed by atoms with E-state index < -0.39 is 6.10 Å². The molecule has 76 valence electrons. The molecule has 4 nitrogen and oxygen atoms in total. The Morgan fingerprint density at radius 2 is 2.31 bits per heavy atom. The second kappa shape index (κ2) is 5.19. The van der Waals surface area contributed by atoms with Gasteiger partial charge in [0.25, 0.3) is 0 Å². The fourth-order valence-corrected chi connectivity index (χ4v) is 1.04. The second-order valence-corrected chi connectivity index (χ2v) is 3.73. The van der Waals surface area contributed by atoms with Gasteiger partial charge in [-0.15, -0.1) is 0 Å². The van der Waals surface area contributed by atoms with Crippen LogP contribution in [0.4, 0.5) is 0 Å². The van der Waals surface area contributed by atoms with Gasteiger partial charge in [0, 0.05) is 6.54 Å². The van der Waals surface area contributed by atoms with E-state index in [2.05, 4.69) is 10.6 Å². The highest BCUT2D eigenvalue weighted by Gasteiger charge is 2.20. The Bertz CT molecular complexity index is 167. The van der Waals surface area contributed by atoms with Gasteiger partial charge in [0.1, 0.15) is 0 Å². The van der Waals surface area contributed by atoms with Crippen molar-refractivity contribution in [3.63, 3.8) is 0 Å². The summed E-state index contributed by atoms with van der Waals surface area (Å²) < 4.78 is 0. The Hall–Kier alpha value is -0.610. The number of hydrogen-bond acceptors (Lipinski definition) is 3. The normalized spacial score (nSPS) is 18.3. The minimum atomic E-state index is -0.465. The molecule has 0 aromatic carbocycles. The van der Waals surface area contributed by atoms with Crippen molar-refractivity contribution < 1.29 is 9.90 Å². The smallest absolute Gasteiger partial charge is 0.234 e. The van der Waals surface area contributed by atoms with Crippen molar-refractivity contribution in [2.75, 3.05) is 19.6 Å². The predicted octanol–water partition coefficient (Wildman–Crippen LogP) is -0.517. The van der Waals surface area contributed by atoms with Crippen LogP contribution >= 0.6 is 0 Å². The first-order valence-electron chi connectivity index (χ1n) is 4.84. The molecule has 0 aromatic heterocycles. The van der Waals surface area contributed by atoms with Gasteiger partial charge in [0.05, 0.1) is 12.6 Å². The lowest BCUT2D eigenvalue weighted by molar-refractivity contribution is -0.120. The van der Waals surface area contributed by atoms with E-state index >= 15 is 0 Å². The molecule has 1 aliphatic carbocycles. The van der Waals surface area contributed by atoms with Gasteiger partial charge < -0.3 is 15.7 Å². The van der Waals surface area contributed by atoms with Crippen molar-refractivity contribution in [2.45, 2.75) is 25.9 Å². The van der Waals surface area contributed by atoms with Gasteiger partial charge in [-0.05, 0) is 32.2 Å². The van der Waals surface area contributed by atoms with E-state index in [1.165, 1.54) is 12.8 Å². The van der Waals surface area contributed by atoms with E-state index in [0.717, 1.165) is 12.5 Å². The van der Waals surface area contributed by atoms with Crippen molar-refractivity contribution in [1.82, 2.24) is 10.6 Å². The van der Waals surface area contributed by atoms with Crippen molar-refractivity contribution >= 4 is 5.91 Å². The Morgan fingerprint density at radius 3 is 2.85 bits per heavy atom. The fourth-order valence-electron chi connectivity index (χ4n) is 1.04. The minimum absolute atomic E-state index is 0.0402. The van der Waals surface area contributed by atoms with E-state index in [4.69, 9.17) is 5.11 Å². The number of carbonyl (C=O) groups excluding carboxylic acids is 1. The van der Waals surface area contributed by atoms with E-state index in [9.17, 15) is 4.79 Å². The molecule has 0 spiro atoms. The average Bonchev–Trinajstić information content (AvgIpc) is 2.84. The molecule has 1 rings (SSSR count). The molecule has 0 radical (unpaired) electrons. The molecule has 0 aliphatic heterocycles. The number of amides is 1. The maximum atomic E-state index is 11.1. The van der Waals surface area contributed by atoms with Gasteiger partial charge >= 0.3 is 0 Å².